The highest BCUT2D eigenvalue weighted by Gasteiger charge is 2.30. The minimum Gasteiger partial charge on any atom is -0.481 e. The lowest BCUT2D eigenvalue weighted by atomic mass is 9.90. The van der Waals surface area contributed by atoms with Gasteiger partial charge in [0.2, 0.25) is 5.91 Å². The number of pyridine rings is 1. The van der Waals surface area contributed by atoms with Gasteiger partial charge in [0.15, 0.2) is 5.13 Å². The van der Waals surface area contributed by atoms with Crippen molar-refractivity contribution in [1.82, 2.24) is 14.5 Å². The Bertz CT molecular complexity index is 1460. The van der Waals surface area contributed by atoms with Gasteiger partial charge in [-0.1, -0.05) is 43.4 Å². The van der Waals surface area contributed by atoms with E-state index in [-0.39, 0.29) is 12.3 Å². The molecule has 1 fully saturated rings. The van der Waals surface area contributed by atoms with Crippen molar-refractivity contribution in [2.45, 2.75) is 38.5 Å². The molecule has 192 valence electrons. The Kier molecular flexibility index (Phi) is 7.31. The number of carboxylic acid groups (broad SMARTS) is 1. The number of anilines is 1. The Morgan fingerprint density at radius 3 is 2.76 bits per heavy atom. The summed E-state index contributed by atoms with van der Waals surface area (Å²) in [5.74, 6) is -1.28. The number of fused-ring (bicyclic) bond motifs is 1. The quantitative estimate of drug-likeness (QED) is 0.272. The SMILES string of the molecule is CN(C(=O)C(CC(=O)O)CC1CCCC1)c1nc(-c2cc(Cl)ccc2-c2cnc3c(ccn3C)c2)cs1. The second-order valence-corrected chi connectivity index (χ2v) is 11.1. The third-order valence-electron chi connectivity index (χ3n) is 7.25. The van der Waals surface area contributed by atoms with Gasteiger partial charge in [-0.2, -0.15) is 0 Å². The van der Waals surface area contributed by atoms with Gasteiger partial charge in [0.25, 0.3) is 0 Å². The van der Waals surface area contributed by atoms with E-state index < -0.39 is 11.9 Å². The minimum absolute atomic E-state index is 0.161. The fourth-order valence-electron chi connectivity index (χ4n) is 5.32. The number of thiazole rings is 1. The first kappa shape index (κ1) is 25.4. The van der Waals surface area contributed by atoms with E-state index in [1.807, 2.05) is 53.7 Å². The summed E-state index contributed by atoms with van der Waals surface area (Å²) in [6.45, 7) is 0. The molecule has 0 saturated heterocycles. The summed E-state index contributed by atoms with van der Waals surface area (Å²) < 4.78 is 1.98. The van der Waals surface area contributed by atoms with Crippen LogP contribution in [0.1, 0.15) is 38.5 Å². The van der Waals surface area contributed by atoms with Crippen LogP contribution in [0.3, 0.4) is 0 Å². The third-order valence-corrected chi connectivity index (χ3v) is 8.40. The van der Waals surface area contributed by atoms with Gasteiger partial charge >= 0.3 is 5.97 Å². The lowest BCUT2D eigenvalue weighted by molar-refractivity contribution is -0.140. The number of aliphatic carboxylic acids is 1. The van der Waals surface area contributed by atoms with E-state index in [2.05, 4.69) is 11.1 Å². The van der Waals surface area contributed by atoms with Gasteiger partial charge in [0.05, 0.1) is 12.1 Å². The molecule has 3 aromatic heterocycles. The fraction of sp³-hybridized carbons (Fsp3) is 0.357. The highest BCUT2D eigenvalue weighted by molar-refractivity contribution is 7.14. The lowest BCUT2D eigenvalue weighted by Gasteiger charge is -2.23. The molecule has 1 aliphatic carbocycles. The second kappa shape index (κ2) is 10.6. The highest BCUT2D eigenvalue weighted by Crippen LogP contribution is 2.38. The van der Waals surface area contributed by atoms with Crippen molar-refractivity contribution in [3.63, 3.8) is 0 Å². The van der Waals surface area contributed by atoms with Crippen LogP contribution in [0, 0.1) is 11.8 Å². The van der Waals surface area contributed by atoms with E-state index in [0.717, 1.165) is 53.4 Å². The van der Waals surface area contributed by atoms with Crippen LogP contribution in [0.5, 0.6) is 0 Å². The van der Waals surface area contributed by atoms with E-state index in [1.54, 1.807) is 7.05 Å². The summed E-state index contributed by atoms with van der Waals surface area (Å²) in [6, 6.07) is 9.81. The molecular weight excluding hydrogens is 508 g/mol. The van der Waals surface area contributed by atoms with E-state index in [1.165, 1.54) is 16.2 Å². The fourth-order valence-corrected chi connectivity index (χ4v) is 6.29. The maximum atomic E-state index is 13.4. The van der Waals surface area contributed by atoms with Gasteiger partial charge in [-0.05, 0) is 42.2 Å². The molecule has 5 rings (SSSR count). The van der Waals surface area contributed by atoms with Crippen molar-refractivity contribution in [3.8, 4) is 22.4 Å². The zero-order valence-electron chi connectivity index (χ0n) is 20.9. The number of amides is 1. The standard InChI is InChI=1S/C28H29ClN4O3S/c1-32-10-9-18-12-20(15-30-26(18)32)22-8-7-21(29)14-23(22)24-16-37-28(31-24)33(2)27(36)19(13-25(34)35)11-17-5-3-4-6-17/h7-10,12,14-17,19H,3-6,11,13H2,1-2H3,(H,34,35). The zero-order chi connectivity index (χ0) is 26.1. The first-order chi connectivity index (χ1) is 17.8. The number of carbonyl (C=O) groups excluding carboxylic acids is 1. The lowest BCUT2D eigenvalue weighted by Crippen LogP contribution is -2.35. The number of benzene rings is 1. The monoisotopic (exact) mass is 536 g/mol. The zero-order valence-corrected chi connectivity index (χ0v) is 22.4. The van der Waals surface area contributed by atoms with Crippen molar-refractivity contribution in [3.05, 3.63) is 53.1 Å². The number of halogens is 1. The summed E-state index contributed by atoms with van der Waals surface area (Å²) in [6.07, 6.45) is 8.71. The molecule has 7 nitrogen and oxygen atoms in total. The predicted octanol–water partition coefficient (Wildman–Crippen LogP) is 6.65. The van der Waals surface area contributed by atoms with E-state index in [9.17, 15) is 14.7 Å². The molecule has 1 N–H and O–H groups in total. The molecule has 1 aromatic carbocycles. The van der Waals surface area contributed by atoms with Crippen molar-refractivity contribution in [2.75, 3.05) is 11.9 Å². The average Bonchev–Trinajstić information content (AvgIpc) is 3.64. The first-order valence-corrected chi connectivity index (χ1v) is 13.7. The Labute approximate surface area is 224 Å². The van der Waals surface area contributed by atoms with Crippen LogP contribution in [0.4, 0.5) is 5.13 Å². The molecule has 1 aliphatic rings. The summed E-state index contributed by atoms with van der Waals surface area (Å²) in [4.78, 5) is 35.8. The number of rotatable bonds is 8. The molecule has 4 aromatic rings. The number of aryl methyl sites for hydroxylation is 1. The Morgan fingerprint density at radius 1 is 1.22 bits per heavy atom. The molecule has 37 heavy (non-hydrogen) atoms. The van der Waals surface area contributed by atoms with Crippen LogP contribution < -0.4 is 4.90 Å². The third kappa shape index (κ3) is 5.40. The summed E-state index contributed by atoms with van der Waals surface area (Å²) in [7, 11) is 3.65. The van der Waals surface area contributed by atoms with Crippen molar-refractivity contribution < 1.29 is 14.7 Å². The maximum Gasteiger partial charge on any atom is 0.304 e. The Morgan fingerprint density at radius 2 is 2.00 bits per heavy atom. The minimum atomic E-state index is -0.947. The smallest absolute Gasteiger partial charge is 0.304 e. The summed E-state index contributed by atoms with van der Waals surface area (Å²) in [5, 5.41) is 13.5. The molecule has 1 saturated carbocycles. The van der Waals surface area contributed by atoms with Crippen molar-refractivity contribution in [1.29, 1.82) is 0 Å². The normalized spacial score (nSPS) is 14.8. The van der Waals surface area contributed by atoms with Crippen LogP contribution in [0.15, 0.2) is 48.1 Å². The molecule has 1 atom stereocenters. The molecule has 0 bridgehead atoms. The van der Waals surface area contributed by atoms with Crippen LogP contribution in [-0.4, -0.2) is 38.6 Å². The van der Waals surface area contributed by atoms with E-state index in [0.29, 0.717) is 28.2 Å². The van der Waals surface area contributed by atoms with Gasteiger partial charge in [-0.25, -0.2) is 9.97 Å². The summed E-state index contributed by atoms with van der Waals surface area (Å²) in [5.41, 5.74) is 4.35. The van der Waals surface area contributed by atoms with Gasteiger partial charge in [0, 0.05) is 59.3 Å². The van der Waals surface area contributed by atoms with Gasteiger partial charge in [0.1, 0.15) is 5.65 Å². The molecule has 9 heteroatoms. The molecule has 1 unspecified atom stereocenters. The number of carbonyl (C=O) groups is 2. The highest BCUT2D eigenvalue weighted by atomic mass is 35.5. The van der Waals surface area contributed by atoms with E-state index in [4.69, 9.17) is 16.6 Å². The number of hydrogen-bond donors (Lipinski definition) is 1. The summed E-state index contributed by atoms with van der Waals surface area (Å²) >= 11 is 7.74. The van der Waals surface area contributed by atoms with Crippen LogP contribution in [-0.2, 0) is 16.6 Å². The van der Waals surface area contributed by atoms with E-state index >= 15 is 0 Å². The molecule has 3 heterocycles. The molecule has 0 aliphatic heterocycles. The van der Waals surface area contributed by atoms with Crippen LogP contribution in [0.25, 0.3) is 33.4 Å². The largest absolute Gasteiger partial charge is 0.481 e. The molecule has 0 spiro atoms. The molecular formula is C28H29ClN4O3S. The number of aromatic nitrogens is 3. The topological polar surface area (TPSA) is 88.3 Å². The van der Waals surface area contributed by atoms with Crippen LogP contribution in [0.2, 0.25) is 5.02 Å². The number of hydrogen-bond acceptors (Lipinski definition) is 5. The number of carboxylic acids is 1. The van der Waals surface area contributed by atoms with Gasteiger partial charge in [-0.15, -0.1) is 11.3 Å². The predicted molar refractivity (Wildman–Crippen MR) is 148 cm³/mol. The molecule has 0 radical (unpaired) electrons. The van der Waals surface area contributed by atoms with Crippen molar-refractivity contribution in [2.24, 2.45) is 18.9 Å². The Balaban J connectivity index is 1.44. The molecule has 1 amide bonds. The van der Waals surface area contributed by atoms with Gasteiger partial charge in [-0.3, -0.25) is 14.5 Å². The van der Waals surface area contributed by atoms with Crippen LogP contribution >= 0.6 is 22.9 Å². The average molecular weight is 537 g/mol. The first-order valence-electron chi connectivity index (χ1n) is 12.5. The van der Waals surface area contributed by atoms with Gasteiger partial charge < -0.3 is 9.67 Å². The number of nitrogens with zero attached hydrogens (tertiary/aromatic N) is 4. The Hall–Kier alpha value is -3.23. The second-order valence-electron chi connectivity index (χ2n) is 9.85. The maximum absolute atomic E-state index is 13.4. The van der Waals surface area contributed by atoms with Crippen molar-refractivity contribution >= 4 is 51.0 Å².